The van der Waals surface area contributed by atoms with E-state index in [9.17, 15) is 0 Å². The Morgan fingerprint density at radius 3 is 2.84 bits per heavy atom. The number of anilines is 2. The number of pyridine rings is 1. The third-order valence-corrected chi connectivity index (χ3v) is 2.97. The first kappa shape index (κ1) is 11.2. The van der Waals surface area contributed by atoms with E-state index in [1.807, 2.05) is 24.3 Å². The highest BCUT2D eigenvalue weighted by atomic mass is 16.3. The van der Waals surface area contributed by atoms with Crippen molar-refractivity contribution in [2.75, 3.05) is 11.5 Å². The van der Waals surface area contributed by atoms with E-state index in [1.54, 1.807) is 12.3 Å². The van der Waals surface area contributed by atoms with Gasteiger partial charge in [-0.05, 0) is 18.2 Å². The smallest absolute Gasteiger partial charge is 0.214 e. The van der Waals surface area contributed by atoms with E-state index in [2.05, 4.69) is 10.9 Å². The summed E-state index contributed by atoms with van der Waals surface area (Å²) in [5, 5.41) is 0.758. The highest BCUT2D eigenvalue weighted by Gasteiger charge is 2.14. The Kier molecular flexibility index (Phi) is 2.39. The van der Waals surface area contributed by atoms with Crippen LogP contribution in [0.15, 0.2) is 40.9 Å². The molecule has 0 saturated carbocycles. The van der Waals surface area contributed by atoms with Crippen LogP contribution in [0.25, 0.3) is 22.2 Å². The molecule has 0 amide bonds. The highest BCUT2D eigenvalue weighted by Crippen LogP contribution is 2.35. The molecule has 2 aromatic heterocycles. The molecule has 4 heteroatoms. The average Bonchev–Trinajstić information content (AvgIpc) is 2.74. The first-order chi connectivity index (χ1) is 9.20. The van der Waals surface area contributed by atoms with Gasteiger partial charge in [-0.3, -0.25) is 4.98 Å². The van der Waals surface area contributed by atoms with Crippen LogP contribution in [0.5, 0.6) is 0 Å². The molecule has 0 fully saturated rings. The van der Waals surface area contributed by atoms with Crippen LogP contribution in [0.3, 0.4) is 0 Å². The lowest BCUT2D eigenvalue weighted by Crippen LogP contribution is -1.89. The van der Waals surface area contributed by atoms with Crippen molar-refractivity contribution in [1.82, 2.24) is 4.98 Å². The molecule has 0 unspecified atom stereocenters. The van der Waals surface area contributed by atoms with Crippen molar-refractivity contribution >= 4 is 22.5 Å². The summed E-state index contributed by atoms with van der Waals surface area (Å²) in [5.74, 6) is 2.80. The molecule has 4 nitrogen and oxygen atoms in total. The lowest BCUT2D eigenvalue weighted by Gasteiger charge is -2.02. The van der Waals surface area contributed by atoms with Gasteiger partial charge in [0, 0.05) is 22.7 Å². The van der Waals surface area contributed by atoms with E-state index < -0.39 is 0 Å². The minimum absolute atomic E-state index is 0.206. The maximum Gasteiger partial charge on any atom is 0.214 e. The molecule has 2 heterocycles. The van der Waals surface area contributed by atoms with E-state index in [4.69, 9.17) is 22.3 Å². The van der Waals surface area contributed by atoms with Crippen molar-refractivity contribution in [3.05, 3.63) is 42.1 Å². The minimum Gasteiger partial charge on any atom is -0.436 e. The summed E-state index contributed by atoms with van der Waals surface area (Å²) >= 11 is 0. The average molecular weight is 249 g/mol. The number of hydrogen-bond donors (Lipinski definition) is 2. The molecule has 4 N–H and O–H groups in total. The second kappa shape index (κ2) is 4.07. The van der Waals surface area contributed by atoms with E-state index in [0.717, 1.165) is 16.5 Å². The molecular formula is C15H11N3O. The van der Waals surface area contributed by atoms with Crippen LogP contribution in [0.4, 0.5) is 11.6 Å². The lowest BCUT2D eigenvalue weighted by atomic mass is 10.1. The van der Waals surface area contributed by atoms with Gasteiger partial charge in [0.15, 0.2) is 5.58 Å². The topological polar surface area (TPSA) is 78.1 Å². The van der Waals surface area contributed by atoms with Crippen molar-refractivity contribution < 1.29 is 4.42 Å². The number of benzene rings is 1. The van der Waals surface area contributed by atoms with E-state index in [1.165, 1.54) is 0 Å². The van der Waals surface area contributed by atoms with Gasteiger partial charge >= 0.3 is 0 Å². The van der Waals surface area contributed by atoms with Gasteiger partial charge in [-0.15, -0.1) is 6.42 Å². The lowest BCUT2D eigenvalue weighted by molar-refractivity contribution is 0.638. The summed E-state index contributed by atoms with van der Waals surface area (Å²) in [6, 6.07) is 9.29. The Morgan fingerprint density at radius 2 is 2.05 bits per heavy atom. The number of hydrogen-bond acceptors (Lipinski definition) is 4. The van der Waals surface area contributed by atoms with Crippen LogP contribution >= 0.6 is 0 Å². The fourth-order valence-corrected chi connectivity index (χ4v) is 2.02. The van der Waals surface area contributed by atoms with Gasteiger partial charge in [0.05, 0.1) is 0 Å². The number of furan rings is 1. The third-order valence-electron chi connectivity index (χ3n) is 2.97. The number of rotatable bonds is 1. The predicted molar refractivity (Wildman–Crippen MR) is 76.2 cm³/mol. The van der Waals surface area contributed by atoms with Crippen LogP contribution in [0, 0.1) is 12.3 Å². The Morgan fingerprint density at radius 1 is 1.21 bits per heavy atom. The molecule has 0 atom stereocenters. The van der Waals surface area contributed by atoms with Crippen molar-refractivity contribution in [3.8, 4) is 23.6 Å². The molecular weight excluding hydrogens is 238 g/mol. The number of fused-ring (bicyclic) bond motifs is 1. The van der Waals surface area contributed by atoms with Crippen molar-refractivity contribution in [1.29, 1.82) is 0 Å². The molecule has 0 bridgehead atoms. The van der Waals surface area contributed by atoms with Crippen LogP contribution in [-0.2, 0) is 0 Å². The highest BCUT2D eigenvalue weighted by molar-refractivity contribution is 6.01. The van der Waals surface area contributed by atoms with Crippen LogP contribution in [0.2, 0.25) is 0 Å². The zero-order valence-corrected chi connectivity index (χ0v) is 10.1. The first-order valence-corrected chi connectivity index (χ1v) is 5.70. The van der Waals surface area contributed by atoms with Gasteiger partial charge in [-0.1, -0.05) is 18.1 Å². The summed E-state index contributed by atoms with van der Waals surface area (Å²) in [7, 11) is 0. The van der Waals surface area contributed by atoms with E-state index >= 15 is 0 Å². The van der Waals surface area contributed by atoms with Crippen molar-refractivity contribution in [2.45, 2.75) is 0 Å². The number of nitrogens with zero attached hydrogens (tertiary/aromatic N) is 1. The van der Waals surface area contributed by atoms with E-state index in [-0.39, 0.29) is 5.88 Å². The third kappa shape index (κ3) is 1.69. The second-order valence-corrected chi connectivity index (χ2v) is 4.14. The van der Waals surface area contributed by atoms with Gasteiger partial charge in [-0.25, -0.2) is 0 Å². The van der Waals surface area contributed by atoms with Crippen molar-refractivity contribution in [2.24, 2.45) is 0 Å². The summed E-state index contributed by atoms with van der Waals surface area (Å²) in [6.07, 6.45) is 7.08. The molecule has 19 heavy (non-hydrogen) atoms. The fraction of sp³-hybridized carbons (Fsp3) is 0. The number of nitrogen functional groups attached to an aromatic ring is 2. The Balaban J connectivity index is 2.31. The standard InChI is InChI=1S/C15H11N3O/c1-2-9-4-3-5-10(8-9)13-14-11(6-7-18-13)12(16)15(17)19-14/h1,3-8H,16-17H2. The monoisotopic (exact) mass is 249 g/mol. The number of nitrogens with two attached hydrogens (primary N) is 2. The fourth-order valence-electron chi connectivity index (χ4n) is 2.02. The summed E-state index contributed by atoms with van der Waals surface area (Å²) in [5.41, 5.74) is 14.9. The molecule has 3 aromatic rings. The molecule has 0 aliphatic carbocycles. The molecule has 3 rings (SSSR count). The summed E-state index contributed by atoms with van der Waals surface area (Å²) < 4.78 is 5.50. The first-order valence-electron chi connectivity index (χ1n) is 5.70. The van der Waals surface area contributed by atoms with E-state index in [0.29, 0.717) is 17.0 Å². The molecule has 0 aliphatic heterocycles. The van der Waals surface area contributed by atoms with Crippen LogP contribution < -0.4 is 11.5 Å². The van der Waals surface area contributed by atoms with Crippen LogP contribution in [-0.4, -0.2) is 4.98 Å². The predicted octanol–water partition coefficient (Wildman–Crippen LogP) is 2.64. The quantitative estimate of drug-likeness (QED) is 0.650. The normalized spacial score (nSPS) is 10.5. The molecule has 0 spiro atoms. The van der Waals surface area contributed by atoms with Gasteiger partial charge in [-0.2, -0.15) is 0 Å². The maximum atomic E-state index is 5.86. The molecule has 0 radical (unpaired) electrons. The zero-order valence-electron chi connectivity index (χ0n) is 10.1. The molecule has 0 saturated heterocycles. The number of terminal acetylenes is 1. The van der Waals surface area contributed by atoms with Gasteiger partial charge in [0.1, 0.15) is 11.4 Å². The SMILES string of the molecule is C#Cc1cccc(-c2nccc3c(N)c(N)oc23)c1. The maximum absolute atomic E-state index is 5.86. The summed E-state index contributed by atoms with van der Waals surface area (Å²) in [4.78, 5) is 4.33. The zero-order chi connectivity index (χ0) is 13.4. The van der Waals surface area contributed by atoms with Crippen molar-refractivity contribution in [3.63, 3.8) is 0 Å². The molecule has 92 valence electrons. The Hall–Kier alpha value is -2.93. The largest absolute Gasteiger partial charge is 0.436 e. The van der Waals surface area contributed by atoms with Gasteiger partial charge < -0.3 is 15.9 Å². The van der Waals surface area contributed by atoms with Gasteiger partial charge in [0.2, 0.25) is 5.88 Å². The van der Waals surface area contributed by atoms with Crippen LogP contribution in [0.1, 0.15) is 5.56 Å². The second-order valence-electron chi connectivity index (χ2n) is 4.14. The number of aromatic nitrogens is 1. The Bertz CT molecular complexity index is 812. The molecule has 1 aromatic carbocycles. The molecule has 0 aliphatic rings. The minimum atomic E-state index is 0.206. The summed E-state index contributed by atoms with van der Waals surface area (Å²) in [6.45, 7) is 0. The Labute approximate surface area is 110 Å². The van der Waals surface area contributed by atoms with Gasteiger partial charge in [0.25, 0.3) is 0 Å².